The number of carbonyl (C=O) groups excluding carboxylic acids is 1. The highest BCUT2D eigenvalue weighted by molar-refractivity contribution is 7.47. The molecule has 1 rings (SSSR count). The Kier molecular flexibility index (Phi) is 2.17. The summed E-state index contributed by atoms with van der Waals surface area (Å²) < 4.78 is 3.06. The van der Waals surface area contributed by atoms with E-state index in [0.717, 1.165) is 0 Å². The topological polar surface area (TPSA) is 42.3 Å². The molecule has 0 aromatic carbocycles. The van der Waals surface area contributed by atoms with Crippen molar-refractivity contribution in [3.05, 3.63) is 30.1 Å². The molecule has 1 aromatic heterocycles. The average molecular weight is 152 g/mol. The Labute approximate surface area is 63.3 Å². The molecule has 0 saturated heterocycles. The summed E-state index contributed by atoms with van der Waals surface area (Å²) in [4.78, 5) is 14.4. The fourth-order valence-corrected chi connectivity index (χ4v) is 0.647. The van der Waals surface area contributed by atoms with Gasteiger partial charge in [-0.25, -0.2) is 0 Å². The van der Waals surface area contributed by atoms with Crippen LogP contribution in [0.1, 0.15) is 10.4 Å². The Bertz CT molecular complexity index is 247. The van der Waals surface area contributed by atoms with Crippen LogP contribution in [-0.4, -0.2) is 10.9 Å². The number of rotatable bonds is 1. The van der Waals surface area contributed by atoms with Crippen molar-refractivity contribution in [2.45, 2.75) is 0 Å². The summed E-state index contributed by atoms with van der Waals surface area (Å²) >= 11 is 4.20. The molecule has 10 heavy (non-hydrogen) atoms. The summed E-state index contributed by atoms with van der Waals surface area (Å²) in [5.41, 5.74) is 0.428. The van der Waals surface area contributed by atoms with Gasteiger partial charge in [0.25, 0.3) is 5.91 Å². The highest BCUT2D eigenvalue weighted by Gasteiger charge is 1.99. The zero-order valence-electron chi connectivity index (χ0n) is 5.02. The fraction of sp³-hybridized carbons (Fsp3) is 0. The van der Waals surface area contributed by atoms with E-state index >= 15 is 0 Å². The first-order valence-electron chi connectivity index (χ1n) is 2.62. The molecule has 0 spiro atoms. The summed E-state index contributed by atoms with van der Waals surface area (Å²) in [6, 6.07) is 3.28. The van der Waals surface area contributed by atoms with Crippen LogP contribution in [0, 0.1) is 0 Å². The van der Waals surface area contributed by atoms with Gasteiger partial charge in [0.05, 0.1) is 5.56 Å². The molecule has 1 heterocycles. The quantitative estimate of drug-likeness (QED) is 0.601. The van der Waals surface area contributed by atoms with Crippen molar-refractivity contribution in [1.29, 1.82) is 0 Å². The molecule has 0 bridgehead atoms. The third-order valence-corrected chi connectivity index (χ3v) is 1.16. The van der Waals surface area contributed by atoms with Crippen LogP contribution < -0.4 is 0 Å². The summed E-state index contributed by atoms with van der Waals surface area (Å²) in [5, 5.41) is 0. The zero-order chi connectivity index (χ0) is 7.40. The summed E-state index contributed by atoms with van der Waals surface area (Å²) in [6.07, 6.45) is 3.01. The zero-order valence-corrected chi connectivity index (χ0v) is 5.84. The molecule has 1 amide bonds. The molecular formula is C6H4N2OS. The van der Waals surface area contributed by atoms with Crippen LogP contribution in [0.5, 0.6) is 0 Å². The van der Waals surface area contributed by atoms with Crippen molar-refractivity contribution in [3.63, 3.8) is 0 Å². The fourth-order valence-electron chi connectivity index (χ4n) is 0.542. The lowest BCUT2D eigenvalue weighted by Crippen LogP contribution is -1.92. The Balaban J connectivity index is 2.95. The van der Waals surface area contributed by atoms with Gasteiger partial charge in [0.1, 0.15) is 0 Å². The van der Waals surface area contributed by atoms with Crippen molar-refractivity contribution < 1.29 is 4.79 Å². The molecule has 4 heteroatoms. The number of aromatic nitrogens is 1. The maximum atomic E-state index is 10.7. The third kappa shape index (κ3) is 1.41. The molecule has 0 N–H and O–H groups in total. The van der Waals surface area contributed by atoms with E-state index in [4.69, 9.17) is 0 Å². The minimum atomic E-state index is -0.414. The highest BCUT2D eigenvalue weighted by atomic mass is 32.1. The molecular weight excluding hydrogens is 148 g/mol. The number of nitrogens with zero attached hydrogens (tertiary/aromatic N) is 2. The van der Waals surface area contributed by atoms with Crippen LogP contribution in [0.25, 0.3) is 0 Å². The number of carbonyl (C=O) groups is 1. The van der Waals surface area contributed by atoms with E-state index < -0.39 is 5.91 Å². The van der Waals surface area contributed by atoms with Crippen molar-refractivity contribution in [3.8, 4) is 0 Å². The first-order valence-corrected chi connectivity index (χ1v) is 2.99. The van der Waals surface area contributed by atoms with Crippen LogP contribution in [0.4, 0.5) is 0 Å². The Morgan fingerprint density at radius 3 is 3.00 bits per heavy atom. The number of hydrogen-bond acceptors (Lipinski definition) is 3. The minimum absolute atomic E-state index is 0.414. The average Bonchev–Trinajstić information content (AvgIpc) is 2.05. The first kappa shape index (κ1) is 6.95. The molecule has 0 aliphatic carbocycles. The second-order valence-corrected chi connectivity index (χ2v) is 1.82. The lowest BCUT2D eigenvalue weighted by molar-refractivity contribution is 0.101. The third-order valence-electron chi connectivity index (χ3n) is 0.991. The summed E-state index contributed by atoms with van der Waals surface area (Å²) in [6.45, 7) is 0. The number of pyridine rings is 1. The maximum Gasteiger partial charge on any atom is 0.289 e. The van der Waals surface area contributed by atoms with E-state index in [1.807, 2.05) is 0 Å². The normalized spacial score (nSPS) is 8.80. The second kappa shape index (κ2) is 3.12. The highest BCUT2D eigenvalue weighted by Crippen LogP contribution is 1.96. The van der Waals surface area contributed by atoms with Crippen molar-refractivity contribution >= 4 is 18.3 Å². The number of amides is 1. The van der Waals surface area contributed by atoms with Gasteiger partial charge in [0, 0.05) is 24.8 Å². The van der Waals surface area contributed by atoms with E-state index in [0.29, 0.717) is 5.56 Å². The molecule has 0 aliphatic heterocycles. The van der Waals surface area contributed by atoms with E-state index in [9.17, 15) is 4.79 Å². The Morgan fingerprint density at radius 1 is 1.70 bits per heavy atom. The molecule has 1 aromatic rings. The lowest BCUT2D eigenvalue weighted by atomic mass is 10.3. The van der Waals surface area contributed by atoms with Crippen LogP contribution >= 0.6 is 0 Å². The van der Waals surface area contributed by atoms with Gasteiger partial charge in [0.15, 0.2) is 0 Å². The van der Waals surface area contributed by atoms with Gasteiger partial charge in [-0.15, -0.1) is 4.36 Å². The summed E-state index contributed by atoms with van der Waals surface area (Å²) in [5.74, 6) is -0.414. The van der Waals surface area contributed by atoms with Gasteiger partial charge in [-0.3, -0.25) is 9.78 Å². The molecule has 0 saturated carbocycles. The van der Waals surface area contributed by atoms with Gasteiger partial charge >= 0.3 is 0 Å². The minimum Gasteiger partial charge on any atom is -0.266 e. The molecule has 50 valence electrons. The standard InChI is InChI=1S/C6H4N2OS/c9-6(8-10)5-2-1-3-7-4-5/h1-4H. The summed E-state index contributed by atoms with van der Waals surface area (Å²) in [7, 11) is 0. The predicted octanol–water partition coefficient (Wildman–Crippen LogP) is 0.952. The van der Waals surface area contributed by atoms with Crippen LogP contribution in [0.15, 0.2) is 28.9 Å². The SMILES string of the molecule is O=C(N=S)c1cccnc1. The Hall–Kier alpha value is -1.16. The monoisotopic (exact) mass is 152 g/mol. The van der Waals surface area contributed by atoms with E-state index in [-0.39, 0.29) is 0 Å². The van der Waals surface area contributed by atoms with Crippen molar-refractivity contribution in [2.24, 2.45) is 4.36 Å². The van der Waals surface area contributed by atoms with Gasteiger partial charge < -0.3 is 0 Å². The van der Waals surface area contributed by atoms with Crippen LogP contribution in [0.2, 0.25) is 0 Å². The molecule has 3 nitrogen and oxygen atoms in total. The van der Waals surface area contributed by atoms with Crippen LogP contribution in [-0.2, 0) is 12.4 Å². The van der Waals surface area contributed by atoms with Crippen LogP contribution in [0.3, 0.4) is 0 Å². The smallest absolute Gasteiger partial charge is 0.266 e. The molecule has 0 unspecified atom stereocenters. The lowest BCUT2D eigenvalue weighted by Gasteiger charge is -1.88. The van der Waals surface area contributed by atoms with Gasteiger partial charge in [-0.1, -0.05) is 0 Å². The van der Waals surface area contributed by atoms with Gasteiger partial charge in [-0.2, -0.15) is 0 Å². The predicted molar refractivity (Wildman–Crippen MR) is 38.4 cm³/mol. The van der Waals surface area contributed by atoms with Crippen molar-refractivity contribution in [1.82, 2.24) is 4.98 Å². The molecule has 0 radical (unpaired) electrons. The van der Waals surface area contributed by atoms with Gasteiger partial charge in [0.2, 0.25) is 0 Å². The van der Waals surface area contributed by atoms with Crippen molar-refractivity contribution in [2.75, 3.05) is 0 Å². The van der Waals surface area contributed by atoms with E-state index in [2.05, 4.69) is 21.8 Å². The largest absolute Gasteiger partial charge is 0.289 e. The van der Waals surface area contributed by atoms with Gasteiger partial charge in [-0.05, 0) is 12.1 Å². The second-order valence-electron chi connectivity index (χ2n) is 1.64. The van der Waals surface area contributed by atoms with E-state index in [1.165, 1.54) is 6.20 Å². The van der Waals surface area contributed by atoms with E-state index in [1.54, 1.807) is 18.3 Å². The molecule has 0 aliphatic rings. The first-order chi connectivity index (χ1) is 4.84. The molecule has 0 atom stereocenters. The maximum absolute atomic E-state index is 10.7. The molecule has 0 fully saturated rings. The Morgan fingerprint density at radius 2 is 2.50 bits per heavy atom. The number of hydrogen-bond donors (Lipinski definition) is 0.